The molecule has 0 spiro atoms. The van der Waals surface area contributed by atoms with Crippen molar-refractivity contribution in [3.8, 4) is 0 Å². The van der Waals surface area contributed by atoms with Crippen molar-refractivity contribution in [2.75, 3.05) is 20.1 Å². The van der Waals surface area contributed by atoms with Crippen LogP contribution in [0, 0.1) is 11.7 Å². The SMILES string of the molecule is CNCc1cc(Br)cc(S(=O)(=O)N2CCC(C)C2)c1F. The lowest BCUT2D eigenvalue weighted by molar-refractivity contribution is 0.456. The van der Waals surface area contributed by atoms with Gasteiger partial charge in [0.25, 0.3) is 0 Å². The summed E-state index contributed by atoms with van der Waals surface area (Å²) < 4.78 is 41.5. The van der Waals surface area contributed by atoms with Crippen LogP contribution in [0.25, 0.3) is 0 Å². The van der Waals surface area contributed by atoms with Crippen LogP contribution in [0.4, 0.5) is 4.39 Å². The van der Waals surface area contributed by atoms with Crippen molar-refractivity contribution in [1.82, 2.24) is 9.62 Å². The van der Waals surface area contributed by atoms with Gasteiger partial charge in [-0.2, -0.15) is 4.31 Å². The van der Waals surface area contributed by atoms with E-state index >= 15 is 0 Å². The molecule has 112 valence electrons. The first-order chi connectivity index (χ1) is 9.36. The second kappa shape index (κ2) is 6.09. The van der Waals surface area contributed by atoms with Gasteiger partial charge in [-0.1, -0.05) is 22.9 Å². The Labute approximate surface area is 127 Å². The topological polar surface area (TPSA) is 49.4 Å². The van der Waals surface area contributed by atoms with Gasteiger partial charge in [0.1, 0.15) is 10.7 Å². The predicted octanol–water partition coefficient (Wildman–Crippen LogP) is 2.34. The minimum atomic E-state index is -3.77. The maximum absolute atomic E-state index is 14.4. The van der Waals surface area contributed by atoms with Gasteiger partial charge in [-0.15, -0.1) is 0 Å². The fourth-order valence-corrected chi connectivity index (χ4v) is 4.74. The molecule has 20 heavy (non-hydrogen) atoms. The van der Waals surface area contributed by atoms with E-state index in [9.17, 15) is 12.8 Å². The molecular weight excluding hydrogens is 347 g/mol. The van der Waals surface area contributed by atoms with Crippen molar-refractivity contribution in [2.24, 2.45) is 5.92 Å². The highest BCUT2D eigenvalue weighted by molar-refractivity contribution is 9.10. The van der Waals surface area contributed by atoms with Crippen LogP contribution >= 0.6 is 15.9 Å². The molecule has 1 aliphatic rings. The molecule has 0 bridgehead atoms. The first-order valence-corrected chi connectivity index (χ1v) is 8.72. The first kappa shape index (κ1) is 15.9. The van der Waals surface area contributed by atoms with Gasteiger partial charge in [-0.3, -0.25) is 0 Å². The average molecular weight is 365 g/mol. The zero-order valence-corrected chi connectivity index (χ0v) is 13.9. The molecule has 0 radical (unpaired) electrons. The van der Waals surface area contributed by atoms with Crippen molar-refractivity contribution < 1.29 is 12.8 Å². The second-order valence-electron chi connectivity index (χ2n) is 5.16. The Morgan fingerprint density at radius 1 is 1.50 bits per heavy atom. The molecule has 2 rings (SSSR count). The molecule has 0 amide bonds. The summed E-state index contributed by atoms with van der Waals surface area (Å²) >= 11 is 3.25. The number of benzene rings is 1. The normalized spacial score (nSPS) is 20.5. The van der Waals surface area contributed by atoms with Crippen LogP contribution < -0.4 is 5.32 Å². The summed E-state index contributed by atoms with van der Waals surface area (Å²) in [5, 5.41) is 2.84. The monoisotopic (exact) mass is 364 g/mol. The number of halogens is 2. The highest BCUT2D eigenvalue weighted by Crippen LogP contribution is 2.29. The largest absolute Gasteiger partial charge is 0.316 e. The zero-order valence-electron chi connectivity index (χ0n) is 11.5. The molecule has 0 saturated carbocycles. The van der Waals surface area contributed by atoms with Crippen LogP contribution in [-0.2, 0) is 16.6 Å². The van der Waals surface area contributed by atoms with Gasteiger partial charge in [0, 0.05) is 29.7 Å². The third-order valence-electron chi connectivity index (χ3n) is 3.45. The van der Waals surface area contributed by atoms with Gasteiger partial charge in [0.05, 0.1) is 0 Å². The van der Waals surface area contributed by atoms with Crippen LogP contribution in [0.5, 0.6) is 0 Å². The van der Waals surface area contributed by atoms with E-state index in [4.69, 9.17) is 0 Å². The summed E-state index contributed by atoms with van der Waals surface area (Å²) in [6, 6.07) is 2.93. The van der Waals surface area contributed by atoms with Crippen molar-refractivity contribution >= 4 is 26.0 Å². The van der Waals surface area contributed by atoms with E-state index in [0.717, 1.165) is 6.42 Å². The first-order valence-electron chi connectivity index (χ1n) is 6.49. The molecule has 1 N–H and O–H groups in total. The van der Waals surface area contributed by atoms with Crippen molar-refractivity contribution in [2.45, 2.75) is 24.8 Å². The highest BCUT2D eigenvalue weighted by Gasteiger charge is 2.33. The summed E-state index contributed by atoms with van der Waals surface area (Å²) in [6.07, 6.45) is 0.818. The number of hydrogen-bond donors (Lipinski definition) is 1. The van der Waals surface area contributed by atoms with E-state index < -0.39 is 15.8 Å². The number of rotatable bonds is 4. The van der Waals surface area contributed by atoms with Gasteiger partial charge in [0.2, 0.25) is 10.0 Å². The molecule has 1 aliphatic heterocycles. The molecule has 1 unspecified atom stereocenters. The molecule has 1 aromatic carbocycles. The van der Waals surface area contributed by atoms with E-state index in [1.807, 2.05) is 6.92 Å². The van der Waals surface area contributed by atoms with Gasteiger partial charge in [-0.25, -0.2) is 12.8 Å². The average Bonchev–Trinajstić information content (AvgIpc) is 2.81. The Morgan fingerprint density at radius 3 is 2.75 bits per heavy atom. The number of hydrogen-bond acceptors (Lipinski definition) is 3. The molecule has 0 aromatic heterocycles. The fraction of sp³-hybridized carbons (Fsp3) is 0.538. The molecular formula is C13H18BrFN2O2S. The molecule has 0 aliphatic carbocycles. The summed E-state index contributed by atoms with van der Waals surface area (Å²) in [7, 11) is -2.07. The van der Waals surface area contributed by atoms with Gasteiger partial charge in [0.15, 0.2) is 0 Å². The van der Waals surface area contributed by atoms with Crippen LogP contribution in [0.15, 0.2) is 21.5 Å². The van der Waals surface area contributed by atoms with E-state index in [1.54, 1.807) is 13.1 Å². The molecule has 7 heteroatoms. The lowest BCUT2D eigenvalue weighted by Gasteiger charge is -2.18. The summed E-state index contributed by atoms with van der Waals surface area (Å²) in [5.41, 5.74) is 0.340. The zero-order chi connectivity index (χ0) is 14.9. The molecule has 1 saturated heterocycles. The van der Waals surface area contributed by atoms with Gasteiger partial charge < -0.3 is 5.32 Å². The van der Waals surface area contributed by atoms with Crippen molar-refractivity contribution in [3.63, 3.8) is 0 Å². The predicted molar refractivity (Wildman–Crippen MR) is 79.4 cm³/mol. The Kier molecular flexibility index (Phi) is 4.84. The molecule has 1 heterocycles. The lowest BCUT2D eigenvalue weighted by Crippen LogP contribution is -2.29. The number of nitrogens with zero attached hydrogens (tertiary/aromatic N) is 1. The third-order valence-corrected chi connectivity index (χ3v) is 5.77. The fourth-order valence-electron chi connectivity index (χ4n) is 2.38. The van der Waals surface area contributed by atoms with Crippen LogP contribution in [0.1, 0.15) is 18.9 Å². The quantitative estimate of drug-likeness (QED) is 0.891. The van der Waals surface area contributed by atoms with Crippen molar-refractivity contribution in [1.29, 1.82) is 0 Å². The second-order valence-corrected chi connectivity index (χ2v) is 7.99. The van der Waals surface area contributed by atoms with Crippen LogP contribution in [0.3, 0.4) is 0 Å². The summed E-state index contributed by atoms with van der Waals surface area (Å²) in [6.45, 7) is 3.19. The van der Waals surface area contributed by atoms with E-state index in [0.29, 0.717) is 29.0 Å². The third kappa shape index (κ3) is 3.05. The Balaban J connectivity index is 2.46. The Bertz CT molecular complexity index is 607. The summed E-state index contributed by atoms with van der Waals surface area (Å²) in [5.74, 6) is -0.348. The maximum atomic E-state index is 14.4. The van der Waals surface area contributed by atoms with Gasteiger partial charge in [-0.05, 0) is 31.5 Å². The minimum Gasteiger partial charge on any atom is -0.316 e. The maximum Gasteiger partial charge on any atom is 0.246 e. The Hall–Kier alpha value is -0.500. The highest BCUT2D eigenvalue weighted by atomic mass is 79.9. The molecule has 1 fully saturated rings. The molecule has 1 aromatic rings. The van der Waals surface area contributed by atoms with Gasteiger partial charge >= 0.3 is 0 Å². The number of nitrogens with one attached hydrogen (secondary N) is 1. The summed E-state index contributed by atoms with van der Waals surface area (Å²) in [4.78, 5) is -0.244. The number of sulfonamides is 1. The van der Waals surface area contributed by atoms with Crippen molar-refractivity contribution in [3.05, 3.63) is 28.0 Å². The lowest BCUT2D eigenvalue weighted by atomic mass is 10.2. The van der Waals surface area contributed by atoms with Crippen LogP contribution in [0.2, 0.25) is 0 Å². The standard InChI is InChI=1S/C13H18BrFN2O2S/c1-9-3-4-17(8-9)20(18,19)12-6-11(14)5-10(7-16-2)13(12)15/h5-6,9,16H,3-4,7-8H2,1-2H3. The van der Waals surface area contributed by atoms with Crippen LogP contribution in [-0.4, -0.2) is 32.9 Å². The van der Waals surface area contributed by atoms with E-state index in [2.05, 4.69) is 21.2 Å². The molecule has 4 nitrogen and oxygen atoms in total. The molecule has 1 atom stereocenters. The van der Waals surface area contributed by atoms with E-state index in [1.165, 1.54) is 10.4 Å². The minimum absolute atomic E-state index is 0.244. The Morgan fingerprint density at radius 2 is 2.20 bits per heavy atom. The smallest absolute Gasteiger partial charge is 0.246 e. The van der Waals surface area contributed by atoms with E-state index in [-0.39, 0.29) is 11.4 Å².